The number of carbonyl (C=O) groups excluding carboxylic acids is 1. The summed E-state index contributed by atoms with van der Waals surface area (Å²) >= 11 is 0. The van der Waals surface area contributed by atoms with Gasteiger partial charge in [0.25, 0.3) is 5.91 Å². The number of anilines is 1. The number of carbonyl (C=O) groups is 1. The van der Waals surface area contributed by atoms with Crippen molar-refractivity contribution in [2.75, 3.05) is 31.3 Å². The van der Waals surface area contributed by atoms with Crippen LogP contribution >= 0.6 is 0 Å². The van der Waals surface area contributed by atoms with Crippen LogP contribution < -0.4 is 19.2 Å². The lowest BCUT2D eigenvalue weighted by atomic mass is 10.2. The van der Waals surface area contributed by atoms with Crippen molar-refractivity contribution in [3.8, 4) is 11.5 Å². The lowest BCUT2D eigenvalue weighted by Gasteiger charge is -2.22. The van der Waals surface area contributed by atoms with Gasteiger partial charge in [0.15, 0.2) is 11.5 Å². The second-order valence-electron chi connectivity index (χ2n) is 6.44. The largest absolute Gasteiger partial charge is 0.493 e. The van der Waals surface area contributed by atoms with E-state index in [0.717, 1.165) is 42.0 Å². The summed E-state index contributed by atoms with van der Waals surface area (Å²) in [6.45, 7) is -0.370. The zero-order chi connectivity index (χ0) is 19.9. The molecule has 0 atom stereocenters. The molecule has 0 heterocycles. The van der Waals surface area contributed by atoms with E-state index in [2.05, 4.69) is 10.5 Å². The summed E-state index contributed by atoms with van der Waals surface area (Å²) in [5.74, 6) is 0.355. The average molecular weight is 397 g/mol. The highest BCUT2D eigenvalue weighted by Crippen LogP contribution is 2.32. The van der Waals surface area contributed by atoms with Gasteiger partial charge in [0.2, 0.25) is 10.0 Å². The minimum atomic E-state index is -3.68. The Morgan fingerprint density at radius 2 is 1.74 bits per heavy atom. The first-order valence-electron chi connectivity index (χ1n) is 8.89. The van der Waals surface area contributed by atoms with Crippen LogP contribution in [0.5, 0.6) is 11.5 Å². The third-order valence-electron chi connectivity index (χ3n) is 4.36. The van der Waals surface area contributed by atoms with E-state index >= 15 is 0 Å². The molecule has 1 aromatic carbocycles. The molecule has 8 nitrogen and oxygen atoms in total. The normalized spacial score (nSPS) is 14.9. The van der Waals surface area contributed by atoms with Crippen LogP contribution in [-0.2, 0) is 14.8 Å². The van der Waals surface area contributed by atoms with Gasteiger partial charge in [-0.3, -0.25) is 9.10 Å². The van der Waals surface area contributed by atoms with Crippen LogP contribution in [0.15, 0.2) is 23.3 Å². The van der Waals surface area contributed by atoms with E-state index in [4.69, 9.17) is 9.47 Å². The number of nitrogens with zero attached hydrogens (tertiary/aromatic N) is 2. The zero-order valence-corrected chi connectivity index (χ0v) is 16.8. The fourth-order valence-corrected chi connectivity index (χ4v) is 3.78. The molecule has 1 N–H and O–H groups in total. The zero-order valence-electron chi connectivity index (χ0n) is 16.0. The Labute approximate surface area is 160 Å². The number of rotatable bonds is 7. The van der Waals surface area contributed by atoms with Crippen molar-refractivity contribution in [2.45, 2.75) is 38.5 Å². The fraction of sp³-hybridized carbons (Fsp3) is 0.556. The first kappa shape index (κ1) is 21.0. The number of sulfonamides is 1. The Morgan fingerprint density at radius 3 is 2.30 bits per heavy atom. The van der Waals surface area contributed by atoms with E-state index < -0.39 is 15.9 Å². The summed E-state index contributed by atoms with van der Waals surface area (Å²) in [6.07, 6.45) is 7.26. The minimum Gasteiger partial charge on any atom is -0.493 e. The van der Waals surface area contributed by atoms with Crippen LogP contribution in [0, 0.1) is 0 Å². The Morgan fingerprint density at radius 1 is 1.11 bits per heavy atom. The predicted octanol–water partition coefficient (Wildman–Crippen LogP) is 2.30. The lowest BCUT2D eigenvalue weighted by molar-refractivity contribution is -0.119. The Kier molecular flexibility index (Phi) is 7.46. The van der Waals surface area contributed by atoms with Gasteiger partial charge in [-0.05, 0) is 37.8 Å². The first-order valence-corrected chi connectivity index (χ1v) is 10.7. The summed E-state index contributed by atoms with van der Waals surface area (Å²) in [7, 11) is -0.727. The maximum atomic E-state index is 12.3. The van der Waals surface area contributed by atoms with Gasteiger partial charge in [-0.25, -0.2) is 13.8 Å². The Bertz CT molecular complexity index is 782. The molecule has 0 aliphatic heterocycles. The molecular weight excluding hydrogens is 370 g/mol. The van der Waals surface area contributed by atoms with Crippen molar-refractivity contribution >= 4 is 27.3 Å². The lowest BCUT2D eigenvalue weighted by Crippen LogP contribution is -2.39. The molecule has 150 valence electrons. The van der Waals surface area contributed by atoms with Gasteiger partial charge in [0.1, 0.15) is 6.54 Å². The Hall–Kier alpha value is -2.29. The third kappa shape index (κ3) is 6.13. The van der Waals surface area contributed by atoms with E-state index in [0.29, 0.717) is 17.2 Å². The summed E-state index contributed by atoms with van der Waals surface area (Å²) in [5.41, 5.74) is 3.76. The quantitative estimate of drug-likeness (QED) is 0.562. The molecule has 1 aliphatic carbocycles. The number of hydrazone groups is 1. The number of methoxy groups -OCH3 is 2. The molecule has 9 heteroatoms. The van der Waals surface area contributed by atoms with E-state index in [1.165, 1.54) is 33.1 Å². The maximum Gasteiger partial charge on any atom is 0.260 e. The SMILES string of the molecule is COc1ccc(N(CC(=O)NN=C2CCCCCC2)S(C)(=O)=O)cc1OC. The standard InChI is InChI=1S/C18H27N3O5S/c1-25-16-11-10-15(12-17(16)26-2)21(27(3,23)24)13-18(22)20-19-14-8-6-4-5-7-9-14/h10-12H,4-9,13H2,1-3H3,(H,20,22). The van der Waals surface area contributed by atoms with E-state index in [1.54, 1.807) is 12.1 Å². The maximum absolute atomic E-state index is 12.3. The Balaban J connectivity index is 2.15. The molecule has 1 aliphatic rings. The fourth-order valence-electron chi connectivity index (χ4n) is 2.94. The summed E-state index contributed by atoms with van der Waals surface area (Å²) < 4.78 is 35.8. The number of hydrogen-bond acceptors (Lipinski definition) is 6. The van der Waals surface area contributed by atoms with Crippen LogP contribution in [0.3, 0.4) is 0 Å². The van der Waals surface area contributed by atoms with Gasteiger partial charge in [0.05, 0.1) is 26.2 Å². The molecule has 0 radical (unpaired) electrons. The molecule has 2 rings (SSSR count). The minimum absolute atomic E-state index is 0.312. The first-order chi connectivity index (χ1) is 12.8. The van der Waals surface area contributed by atoms with E-state index in [9.17, 15) is 13.2 Å². The van der Waals surface area contributed by atoms with Gasteiger partial charge in [-0.2, -0.15) is 5.10 Å². The number of ether oxygens (including phenoxy) is 2. The summed E-state index contributed by atoms with van der Waals surface area (Å²) in [5, 5.41) is 4.18. The van der Waals surface area contributed by atoms with Crippen LogP contribution in [0.1, 0.15) is 38.5 Å². The molecule has 0 bridgehead atoms. The summed E-state index contributed by atoms with van der Waals surface area (Å²) in [6, 6.07) is 4.67. The molecule has 0 unspecified atom stereocenters. The molecule has 0 saturated heterocycles. The molecule has 1 saturated carbocycles. The van der Waals surface area contributed by atoms with E-state index in [1.807, 2.05) is 0 Å². The van der Waals surface area contributed by atoms with Crippen LogP contribution in [0.4, 0.5) is 5.69 Å². The molecule has 1 fully saturated rings. The second kappa shape index (κ2) is 9.59. The molecular formula is C18H27N3O5S. The van der Waals surface area contributed by atoms with Crippen molar-refractivity contribution in [2.24, 2.45) is 5.10 Å². The van der Waals surface area contributed by atoms with Gasteiger partial charge < -0.3 is 9.47 Å². The molecule has 27 heavy (non-hydrogen) atoms. The van der Waals surface area contributed by atoms with Gasteiger partial charge >= 0.3 is 0 Å². The highest BCUT2D eigenvalue weighted by Gasteiger charge is 2.22. The number of nitrogens with one attached hydrogen (secondary N) is 1. The molecule has 0 spiro atoms. The van der Waals surface area contributed by atoms with Crippen molar-refractivity contribution in [3.63, 3.8) is 0 Å². The van der Waals surface area contributed by atoms with Crippen molar-refractivity contribution < 1.29 is 22.7 Å². The predicted molar refractivity (Wildman–Crippen MR) is 105 cm³/mol. The van der Waals surface area contributed by atoms with Crippen molar-refractivity contribution in [1.29, 1.82) is 0 Å². The topological polar surface area (TPSA) is 97.3 Å². The second-order valence-corrected chi connectivity index (χ2v) is 8.34. The third-order valence-corrected chi connectivity index (χ3v) is 5.50. The van der Waals surface area contributed by atoms with Crippen LogP contribution in [0.2, 0.25) is 0 Å². The van der Waals surface area contributed by atoms with Crippen molar-refractivity contribution in [1.82, 2.24) is 5.43 Å². The molecule has 1 aromatic rings. The highest BCUT2D eigenvalue weighted by molar-refractivity contribution is 7.92. The number of hydrogen-bond donors (Lipinski definition) is 1. The number of amides is 1. The van der Waals surface area contributed by atoms with Crippen molar-refractivity contribution in [3.05, 3.63) is 18.2 Å². The summed E-state index contributed by atoms with van der Waals surface area (Å²) in [4.78, 5) is 12.3. The number of benzene rings is 1. The van der Waals surface area contributed by atoms with Crippen LogP contribution in [-0.4, -0.2) is 47.1 Å². The highest BCUT2D eigenvalue weighted by atomic mass is 32.2. The molecule has 1 amide bonds. The van der Waals surface area contributed by atoms with Crippen LogP contribution in [0.25, 0.3) is 0 Å². The van der Waals surface area contributed by atoms with Gasteiger partial charge in [0, 0.05) is 11.8 Å². The van der Waals surface area contributed by atoms with E-state index in [-0.39, 0.29) is 6.54 Å². The monoisotopic (exact) mass is 397 g/mol. The van der Waals surface area contributed by atoms with Gasteiger partial charge in [-0.1, -0.05) is 12.8 Å². The average Bonchev–Trinajstić information content (AvgIpc) is 2.91. The van der Waals surface area contributed by atoms with Gasteiger partial charge in [-0.15, -0.1) is 0 Å². The molecule has 0 aromatic heterocycles. The smallest absolute Gasteiger partial charge is 0.260 e.